The van der Waals surface area contributed by atoms with Gasteiger partial charge in [0.25, 0.3) is 5.91 Å². The molecule has 0 atom stereocenters. The Kier molecular flexibility index (Phi) is 5.20. The van der Waals surface area contributed by atoms with Crippen LogP contribution in [0.15, 0.2) is 18.2 Å². The highest BCUT2D eigenvalue weighted by atomic mass is 19.1. The van der Waals surface area contributed by atoms with Gasteiger partial charge in [-0.2, -0.15) is 0 Å². The number of carbonyl (C=O) groups excluding carboxylic acids is 1. The number of halogens is 1. The average Bonchev–Trinajstić information content (AvgIpc) is 3.39. The molecular weight excluding hydrogens is 327 g/mol. The predicted molar refractivity (Wildman–Crippen MR) is 89.8 cm³/mol. The quantitative estimate of drug-likeness (QED) is 0.579. The fraction of sp³-hybridized carbons (Fsp3) is 0.611. The fourth-order valence-corrected chi connectivity index (χ4v) is 3.55. The van der Waals surface area contributed by atoms with Crippen LogP contribution in [0.25, 0.3) is 0 Å². The standard InChI is InChI=1S/C18H23FN2O4/c1-12-2-5-14(6-3-12)20(15-7-8-15)18(22)11-25-17-10-13(19)4-9-16(17)21(23)24/h4,9-10,12,14-15H,2-3,5-8,11H2,1H3. The van der Waals surface area contributed by atoms with Crippen molar-refractivity contribution in [1.29, 1.82) is 0 Å². The van der Waals surface area contributed by atoms with Gasteiger partial charge in [-0.25, -0.2) is 4.39 Å². The van der Waals surface area contributed by atoms with Crippen molar-refractivity contribution in [3.8, 4) is 5.75 Å². The number of hydrogen-bond acceptors (Lipinski definition) is 4. The molecule has 0 aliphatic heterocycles. The molecule has 0 aromatic heterocycles. The molecular formula is C18H23FN2O4. The summed E-state index contributed by atoms with van der Waals surface area (Å²) < 4.78 is 18.7. The van der Waals surface area contributed by atoms with Gasteiger partial charge in [0.05, 0.1) is 4.92 Å². The molecule has 0 heterocycles. The first-order valence-corrected chi connectivity index (χ1v) is 8.83. The lowest BCUT2D eigenvalue weighted by molar-refractivity contribution is -0.385. The van der Waals surface area contributed by atoms with E-state index in [4.69, 9.17) is 4.74 Å². The Morgan fingerprint density at radius 3 is 2.40 bits per heavy atom. The molecule has 7 heteroatoms. The van der Waals surface area contributed by atoms with E-state index in [9.17, 15) is 19.3 Å². The number of nitro groups is 1. The highest BCUT2D eigenvalue weighted by Crippen LogP contribution is 2.35. The zero-order valence-corrected chi connectivity index (χ0v) is 14.3. The van der Waals surface area contributed by atoms with Crippen molar-refractivity contribution in [1.82, 2.24) is 4.90 Å². The average molecular weight is 350 g/mol. The maximum Gasteiger partial charge on any atom is 0.311 e. The molecule has 6 nitrogen and oxygen atoms in total. The van der Waals surface area contributed by atoms with Crippen LogP contribution < -0.4 is 4.74 Å². The summed E-state index contributed by atoms with van der Waals surface area (Å²) >= 11 is 0. The largest absolute Gasteiger partial charge is 0.477 e. The highest BCUT2D eigenvalue weighted by Gasteiger charge is 2.38. The summed E-state index contributed by atoms with van der Waals surface area (Å²) in [5.41, 5.74) is -0.335. The Hall–Kier alpha value is -2.18. The number of hydrogen-bond donors (Lipinski definition) is 0. The van der Waals surface area contributed by atoms with E-state index in [1.165, 1.54) is 0 Å². The first-order chi connectivity index (χ1) is 12.0. The molecule has 136 valence electrons. The predicted octanol–water partition coefficient (Wildman–Crippen LogP) is 3.68. The van der Waals surface area contributed by atoms with E-state index in [2.05, 4.69) is 6.92 Å². The second-order valence-electron chi connectivity index (χ2n) is 7.10. The number of amides is 1. The molecule has 0 radical (unpaired) electrons. The Bertz CT molecular complexity index is 654. The van der Waals surface area contributed by atoms with E-state index in [1.807, 2.05) is 4.90 Å². The minimum atomic E-state index is -0.638. The van der Waals surface area contributed by atoms with E-state index < -0.39 is 10.7 Å². The lowest BCUT2D eigenvalue weighted by Crippen LogP contribution is -2.45. The van der Waals surface area contributed by atoms with Gasteiger partial charge in [0.15, 0.2) is 6.61 Å². The van der Waals surface area contributed by atoms with Gasteiger partial charge in [0.2, 0.25) is 5.75 Å². The number of nitrogens with zero attached hydrogens (tertiary/aromatic N) is 2. The molecule has 3 rings (SSSR count). The van der Waals surface area contributed by atoms with Crippen molar-refractivity contribution < 1.29 is 18.8 Å². The Morgan fingerprint density at radius 1 is 1.24 bits per heavy atom. The molecule has 0 bridgehead atoms. The number of nitro benzene ring substituents is 1. The van der Waals surface area contributed by atoms with Crippen LogP contribution in [-0.2, 0) is 4.79 Å². The molecule has 2 saturated carbocycles. The van der Waals surface area contributed by atoms with Crippen molar-refractivity contribution in [3.63, 3.8) is 0 Å². The van der Waals surface area contributed by atoms with Gasteiger partial charge in [-0.3, -0.25) is 14.9 Å². The first kappa shape index (κ1) is 17.6. The van der Waals surface area contributed by atoms with Crippen molar-refractivity contribution in [2.24, 2.45) is 5.92 Å². The van der Waals surface area contributed by atoms with Crippen molar-refractivity contribution >= 4 is 11.6 Å². The maximum absolute atomic E-state index is 13.4. The third-order valence-electron chi connectivity index (χ3n) is 5.08. The Morgan fingerprint density at radius 2 is 1.84 bits per heavy atom. The fourth-order valence-electron chi connectivity index (χ4n) is 3.55. The third kappa shape index (κ3) is 4.27. The van der Waals surface area contributed by atoms with E-state index >= 15 is 0 Å². The summed E-state index contributed by atoms with van der Waals surface area (Å²) in [5, 5.41) is 11.0. The SMILES string of the molecule is CC1CCC(N(C(=O)COc2cc(F)ccc2[N+](=O)[O-])C2CC2)CC1. The van der Waals surface area contributed by atoms with Crippen LogP contribution in [0.3, 0.4) is 0 Å². The summed E-state index contributed by atoms with van der Waals surface area (Å²) in [4.78, 5) is 25.0. The highest BCUT2D eigenvalue weighted by molar-refractivity contribution is 5.79. The minimum absolute atomic E-state index is 0.166. The van der Waals surface area contributed by atoms with E-state index in [0.29, 0.717) is 5.92 Å². The molecule has 0 unspecified atom stereocenters. The van der Waals surface area contributed by atoms with Crippen LogP contribution in [0.4, 0.5) is 10.1 Å². The minimum Gasteiger partial charge on any atom is -0.477 e. The van der Waals surface area contributed by atoms with E-state index in [-0.39, 0.29) is 36.0 Å². The van der Waals surface area contributed by atoms with Gasteiger partial charge in [-0.1, -0.05) is 6.92 Å². The monoisotopic (exact) mass is 350 g/mol. The van der Waals surface area contributed by atoms with Crippen LogP contribution >= 0.6 is 0 Å². The van der Waals surface area contributed by atoms with Crippen LogP contribution in [0, 0.1) is 21.8 Å². The molecule has 0 saturated heterocycles. The summed E-state index contributed by atoms with van der Waals surface area (Å²) in [6.07, 6.45) is 6.19. The van der Waals surface area contributed by atoms with Crippen molar-refractivity contribution in [3.05, 3.63) is 34.1 Å². The van der Waals surface area contributed by atoms with Crippen LogP contribution in [0.5, 0.6) is 5.75 Å². The normalized spacial score (nSPS) is 23.1. The molecule has 0 spiro atoms. The van der Waals surface area contributed by atoms with Gasteiger partial charge in [0.1, 0.15) is 5.82 Å². The molecule has 2 aliphatic rings. The Balaban J connectivity index is 1.66. The second-order valence-corrected chi connectivity index (χ2v) is 7.10. The molecule has 1 aromatic rings. The summed E-state index contributed by atoms with van der Waals surface area (Å²) in [7, 11) is 0. The van der Waals surface area contributed by atoms with Gasteiger partial charge >= 0.3 is 5.69 Å². The first-order valence-electron chi connectivity index (χ1n) is 8.83. The van der Waals surface area contributed by atoms with Crippen LogP contribution in [0.1, 0.15) is 45.4 Å². The molecule has 2 fully saturated rings. The maximum atomic E-state index is 13.4. The summed E-state index contributed by atoms with van der Waals surface area (Å²) in [6.45, 7) is 1.93. The van der Waals surface area contributed by atoms with Crippen molar-refractivity contribution in [2.45, 2.75) is 57.5 Å². The van der Waals surface area contributed by atoms with Crippen LogP contribution in [0.2, 0.25) is 0 Å². The zero-order chi connectivity index (χ0) is 18.0. The van der Waals surface area contributed by atoms with Gasteiger partial charge in [-0.05, 0) is 50.5 Å². The third-order valence-corrected chi connectivity index (χ3v) is 5.08. The van der Waals surface area contributed by atoms with E-state index in [1.54, 1.807) is 0 Å². The molecule has 25 heavy (non-hydrogen) atoms. The summed E-state index contributed by atoms with van der Waals surface area (Å²) in [6, 6.07) is 3.50. The van der Waals surface area contributed by atoms with Gasteiger partial charge < -0.3 is 9.64 Å². The summed E-state index contributed by atoms with van der Waals surface area (Å²) in [5.74, 6) is -0.307. The lowest BCUT2D eigenvalue weighted by atomic mass is 9.86. The topological polar surface area (TPSA) is 72.7 Å². The number of ether oxygens (including phenoxy) is 1. The molecule has 2 aliphatic carbocycles. The molecule has 1 amide bonds. The van der Waals surface area contributed by atoms with Crippen molar-refractivity contribution in [2.75, 3.05) is 6.61 Å². The molecule has 0 N–H and O–H groups in total. The van der Waals surface area contributed by atoms with E-state index in [0.717, 1.165) is 56.7 Å². The Labute approximate surface area is 146 Å². The number of carbonyl (C=O) groups is 1. The second kappa shape index (κ2) is 7.37. The smallest absolute Gasteiger partial charge is 0.311 e. The number of benzene rings is 1. The van der Waals surface area contributed by atoms with Crippen LogP contribution in [-0.4, -0.2) is 34.4 Å². The lowest BCUT2D eigenvalue weighted by Gasteiger charge is -2.36. The number of rotatable bonds is 6. The van der Waals surface area contributed by atoms with Gasteiger partial charge in [0, 0.05) is 24.2 Å². The zero-order valence-electron chi connectivity index (χ0n) is 14.3. The molecule has 1 aromatic carbocycles. The van der Waals surface area contributed by atoms with Gasteiger partial charge in [-0.15, -0.1) is 0 Å².